The van der Waals surface area contributed by atoms with Crippen LogP contribution in [0.15, 0.2) is 18.2 Å². The number of rotatable bonds is 5. The first-order valence-corrected chi connectivity index (χ1v) is 7.90. The van der Waals surface area contributed by atoms with Gasteiger partial charge < -0.3 is 10.1 Å². The van der Waals surface area contributed by atoms with Gasteiger partial charge in [0.15, 0.2) is 6.29 Å². The lowest BCUT2D eigenvalue weighted by atomic mass is 10.00. The monoisotopic (exact) mass is 304 g/mol. The fraction of sp³-hybridized carbons (Fsp3) is 0.588. The van der Waals surface area contributed by atoms with Gasteiger partial charge in [0.25, 0.3) is 5.91 Å². The molecule has 2 aliphatic heterocycles. The molecule has 5 heteroatoms. The van der Waals surface area contributed by atoms with Gasteiger partial charge in [-0.1, -0.05) is 32.9 Å². The highest BCUT2D eigenvalue weighted by Crippen LogP contribution is 2.44. The van der Waals surface area contributed by atoms with Crippen molar-refractivity contribution in [3.05, 3.63) is 29.3 Å². The van der Waals surface area contributed by atoms with Gasteiger partial charge in [0.05, 0.1) is 12.2 Å². The van der Waals surface area contributed by atoms with Crippen LogP contribution in [0.2, 0.25) is 0 Å². The van der Waals surface area contributed by atoms with E-state index in [9.17, 15) is 0 Å². The van der Waals surface area contributed by atoms with Gasteiger partial charge in [0.2, 0.25) is 0 Å². The van der Waals surface area contributed by atoms with E-state index in [0.29, 0.717) is 24.2 Å². The van der Waals surface area contributed by atoms with Crippen LogP contribution in [0.1, 0.15) is 45.2 Å². The van der Waals surface area contributed by atoms with E-state index >= 15 is 0 Å². The van der Waals surface area contributed by atoms with Crippen molar-refractivity contribution in [2.24, 2.45) is 11.8 Å². The van der Waals surface area contributed by atoms with Gasteiger partial charge in [-0.15, -0.1) is 0 Å². The van der Waals surface area contributed by atoms with Crippen LogP contribution in [0.25, 0.3) is 0 Å². The second kappa shape index (κ2) is 5.56. The van der Waals surface area contributed by atoms with Crippen LogP contribution in [0, 0.1) is 17.2 Å². The number of hydrogen-bond acceptors (Lipinski definition) is 4. The summed E-state index contributed by atoms with van der Waals surface area (Å²) in [5, 5.41) is 11.2. The molecule has 0 aromatic heterocycles. The summed E-state index contributed by atoms with van der Waals surface area (Å²) in [6, 6.07) is 5.73. The molecule has 120 valence electrons. The Bertz CT molecular complexity index is 579. The second-order valence-electron chi connectivity index (χ2n) is 6.64. The molecule has 0 saturated carbocycles. The number of benzene rings is 1. The lowest BCUT2D eigenvalue weighted by molar-refractivity contribution is -0.461. The first-order valence-electron chi connectivity index (χ1n) is 7.90. The molecule has 0 aliphatic carbocycles. The van der Waals surface area contributed by atoms with Gasteiger partial charge in [-0.25, -0.2) is 0 Å². The molecule has 1 atom stereocenters. The Morgan fingerprint density at radius 3 is 2.68 bits per heavy atom. The zero-order valence-electron chi connectivity index (χ0n) is 13.6. The summed E-state index contributed by atoms with van der Waals surface area (Å²) in [7, 11) is 0. The molecule has 1 saturated heterocycles. The predicted octanol–water partition coefficient (Wildman–Crippen LogP) is 3.18. The number of amidine groups is 1. The minimum atomic E-state index is -0.991. The van der Waals surface area contributed by atoms with Crippen molar-refractivity contribution < 1.29 is 14.2 Å². The van der Waals surface area contributed by atoms with Crippen molar-refractivity contribution in [1.82, 2.24) is 5.32 Å². The number of fused-ring (bicyclic) bond motifs is 2. The van der Waals surface area contributed by atoms with Gasteiger partial charge in [-0.2, -0.15) is 0 Å². The molecular weight excluding hydrogens is 280 g/mol. The van der Waals surface area contributed by atoms with E-state index in [2.05, 4.69) is 26.1 Å². The van der Waals surface area contributed by atoms with E-state index in [-0.39, 0.29) is 12.1 Å². The Balaban J connectivity index is 1.78. The molecule has 1 spiro atoms. The molecular formula is C17H24N2O3. The van der Waals surface area contributed by atoms with Crippen LogP contribution in [-0.4, -0.2) is 18.7 Å². The first-order chi connectivity index (χ1) is 10.4. The average Bonchev–Trinajstić information content (AvgIpc) is 2.70. The smallest absolute Gasteiger partial charge is 0.284 e. The van der Waals surface area contributed by atoms with Crippen molar-refractivity contribution in [3.8, 4) is 5.75 Å². The van der Waals surface area contributed by atoms with Crippen LogP contribution in [-0.2, 0) is 15.4 Å². The lowest BCUT2D eigenvalue weighted by Gasteiger charge is -2.43. The fourth-order valence-corrected chi connectivity index (χ4v) is 3.24. The molecule has 1 unspecified atom stereocenters. The Labute approximate surface area is 131 Å². The molecule has 0 radical (unpaired) electrons. The third-order valence-electron chi connectivity index (χ3n) is 3.98. The van der Waals surface area contributed by atoms with Gasteiger partial charge in [0.1, 0.15) is 11.6 Å². The minimum absolute atomic E-state index is 0.262. The van der Waals surface area contributed by atoms with Gasteiger partial charge in [-0.05, 0) is 31.2 Å². The largest absolute Gasteiger partial charge is 0.493 e. The molecule has 2 N–H and O–H groups in total. The van der Waals surface area contributed by atoms with Gasteiger partial charge >= 0.3 is 0 Å². The molecule has 5 nitrogen and oxygen atoms in total. The van der Waals surface area contributed by atoms with Gasteiger partial charge in [-0.3, -0.25) is 14.9 Å². The summed E-state index contributed by atoms with van der Waals surface area (Å²) in [6.07, 6.45) is 0.861. The highest BCUT2D eigenvalue weighted by Gasteiger charge is 2.54. The van der Waals surface area contributed by atoms with Crippen LogP contribution in [0.4, 0.5) is 0 Å². The van der Waals surface area contributed by atoms with E-state index in [1.54, 1.807) is 0 Å². The summed E-state index contributed by atoms with van der Waals surface area (Å²) < 4.78 is 17.4. The SMILES string of the molecule is CC(C)CC(C)COc1cccc2c1C(=N)NC21OC(C)O1. The summed E-state index contributed by atoms with van der Waals surface area (Å²) in [4.78, 5) is 0. The Morgan fingerprint density at radius 2 is 2.05 bits per heavy atom. The molecule has 22 heavy (non-hydrogen) atoms. The highest BCUT2D eigenvalue weighted by atomic mass is 16.9. The number of hydrogen-bond donors (Lipinski definition) is 2. The molecule has 0 amide bonds. The Morgan fingerprint density at radius 1 is 1.32 bits per heavy atom. The van der Waals surface area contributed by atoms with Crippen molar-refractivity contribution in [2.75, 3.05) is 6.61 Å². The average molecular weight is 304 g/mol. The quantitative estimate of drug-likeness (QED) is 0.877. The van der Waals surface area contributed by atoms with Crippen LogP contribution in [0.3, 0.4) is 0 Å². The van der Waals surface area contributed by atoms with E-state index in [4.69, 9.17) is 19.6 Å². The third-order valence-corrected chi connectivity index (χ3v) is 3.98. The lowest BCUT2D eigenvalue weighted by Crippen LogP contribution is -2.57. The zero-order chi connectivity index (χ0) is 15.9. The Hall–Kier alpha value is -1.59. The normalized spacial score (nSPS) is 27.5. The molecule has 2 heterocycles. The molecule has 1 fully saturated rings. The van der Waals surface area contributed by atoms with Gasteiger partial charge in [0, 0.05) is 5.56 Å². The highest BCUT2D eigenvalue weighted by molar-refractivity contribution is 6.03. The minimum Gasteiger partial charge on any atom is -0.493 e. The molecule has 1 aromatic rings. The maximum atomic E-state index is 8.18. The van der Waals surface area contributed by atoms with E-state index < -0.39 is 5.91 Å². The van der Waals surface area contributed by atoms with Crippen molar-refractivity contribution in [3.63, 3.8) is 0 Å². The van der Waals surface area contributed by atoms with Crippen molar-refractivity contribution >= 4 is 5.84 Å². The zero-order valence-corrected chi connectivity index (χ0v) is 13.6. The summed E-state index contributed by atoms with van der Waals surface area (Å²) >= 11 is 0. The van der Waals surface area contributed by atoms with E-state index in [1.807, 2.05) is 25.1 Å². The summed E-state index contributed by atoms with van der Waals surface area (Å²) in [5.74, 6) is 1.14. The number of ether oxygens (including phenoxy) is 3. The van der Waals surface area contributed by atoms with E-state index in [1.165, 1.54) is 0 Å². The molecule has 0 bridgehead atoms. The molecule has 2 aliphatic rings. The van der Waals surface area contributed by atoms with Crippen LogP contribution >= 0.6 is 0 Å². The maximum Gasteiger partial charge on any atom is 0.284 e. The van der Waals surface area contributed by atoms with Crippen molar-refractivity contribution in [2.45, 2.75) is 46.3 Å². The van der Waals surface area contributed by atoms with Crippen LogP contribution < -0.4 is 10.1 Å². The maximum absolute atomic E-state index is 8.18. The standard InChI is InChI=1S/C17H24N2O3/c1-10(2)8-11(3)9-20-14-7-5-6-13-15(14)16(18)19-17(13)21-12(4)22-17/h5-7,10-12H,8-9H2,1-4H3,(H2,18,19). The van der Waals surface area contributed by atoms with E-state index in [0.717, 1.165) is 17.5 Å². The summed E-state index contributed by atoms with van der Waals surface area (Å²) in [6.45, 7) is 9.10. The molecule has 1 aromatic carbocycles. The predicted molar refractivity (Wildman–Crippen MR) is 83.8 cm³/mol. The number of nitrogens with one attached hydrogen (secondary N) is 2. The summed E-state index contributed by atoms with van der Waals surface area (Å²) in [5.41, 5.74) is 1.57. The fourth-order valence-electron chi connectivity index (χ4n) is 3.24. The van der Waals surface area contributed by atoms with Crippen LogP contribution in [0.5, 0.6) is 5.75 Å². The second-order valence-corrected chi connectivity index (χ2v) is 6.64. The van der Waals surface area contributed by atoms with Crippen molar-refractivity contribution in [1.29, 1.82) is 5.41 Å². The Kier molecular flexibility index (Phi) is 3.87. The third kappa shape index (κ3) is 2.59. The topological polar surface area (TPSA) is 63.6 Å². The first kappa shape index (κ1) is 15.3. The molecule has 3 rings (SSSR count).